The molecule has 0 aliphatic carbocycles. The Labute approximate surface area is 233 Å². The van der Waals surface area contributed by atoms with Gasteiger partial charge < -0.3 is 5.11 Å². The molecule has 37 heavy (non-hydrogen) atoms. The number of hydrogen-bond acceptors (Lipinski definition) is 1. The molecular formula is C30H28MnO4P2. The van der Waals surface area contributed by atoms with E-state index in [4.69, 9.17) is 19.1 Å². The van der Waals surface area contributed by atoms with Crippen LogP contribution in [0.5, 0.6) is 0 Å². The number of rotatable bonds is 7. The van der Waals surface area contributed by atoms with Gasteiger partial charge in [-0.05, 0) is 49.4 Å². The molecule has 4 aromatic carbocycles. The second-order valence-corrected chi connectivity index (χ2v) is 11.3. The van der Waals surface area contributed by atoms with E-state index >= 15 is 0 Å². The molecule has 1 N–H and O–H groups in total. The molecule has 7 heteroatoms. The van der Waals surface area contributed by atoms with Crippen molar-refractivity contribution < 1.29 is 36.1 Å². The van der Waals surface area contributed by atoms with Crippen molar-refractivity contribution in [3.05, 3.63) is 141 Å². The number of hydrogen-bond donors (Lipinski definition) is 1. The molecule has 0 saturated heterocycles. The topological polar surface area (TPSA) is 79.9 Å². The molecular weight excluding hydrogens is 541 g/mol. The average molecular weight is 569 g/mol. The van der Waals surface area contributed by atoms with Crippen LogP contribution in [0.25, 0.3) is 0 Å². The van der Waals surface area contributed by atoms with Crippen molar-refractivity contribution in [1.82, 2.24) is 0 Å². The summed E-state index contributed by atoms with van der Waals surface area (Å²) in [5.41, 5.74) is 0. The molecule has 4 nitrogen and oxygen atoms in total. The zero-order valence-electron chi connectivity index (χ0n) is 20.4. The first kappa shape index (κ1) is 36.6. The van der Waals surface area contributed by atoms with Crippen molar-refractivity contribution in [2.24, 2.45) is 0 Å². The van der Waals surface area contributed by atoms with Gasteiger partial charge in [-0.2, -0.15) is 0 Å². The number of aliphatic hydroxyl groups excluding tert-OH is 1. The molecule has 189 valence electrons. The summed E-state index contributed by atoms with van der Waals surface area (Å²) in [7, 11) is 0.304. The van der Waals surface area contributed by atoms with Crippen molar-refractivity contribution >= 4 is 37.1 Å². The fourth-order valence-corrected chi connectivity index (χ4v) is 8.80. The summed E-state index contributed by atoms with van der Waals surface area (Å²) in [6, 6.07) is 44.2. The van der Waals surface area contributed by atoms with Crippen LogP contribution in [0.15, 0.2) is 121 Å². The summed E-state index contributed by atoms with van der Waals surface area (Å²) in [6.07, 6.45) is 2.41. The molecule has 0 atom stereocenters. The molecule has 4 rings (SSSR count). The predicted molar refractivity (Wildman–Crippen MR) is 148 cm³/mol. The molecule has 0 amide bonds. The van der Waals surface area contributed by atoms with Gasteiger partial charge in [-0.3, -0.25) is 0 Å². The van der Waals surface area contributed by atoms with Crippen molar-refractivity contribution in [3.63, 3.8) is 0 Å². The van der Waals surface area contributed by atoms with Crippen LogP contribution in [-0.4, -0.2) is 24.5 Å². The second-order valence-electron chi connectivity index (χ2n) is 6.65. The Bertz CT molecular complexity index is 931. The quantitative estimate of drug-likeness (QED) is 0.148. The number of benzene rings is 4. The largest absolute Gasteiger partial charge is 0.0622 e. The smallest absolute Gasteiger partial charge is 0 e. The van der Waals surface area contributed by atoms with Gasteiger partial charge in [0.05, 0.1) is 0 Å². The molecule has 0 aliphatic rings. The van der Waals surface area contributed by atoms with E-state index in [9.17, 15) is 0 Å². The standard InChI is InChI=1S/C26H24P2.CH4O.3CO.Mn/c1-5-13-23(14-6-1)27(24-15-7-2-8-16-24)21-22-28(25-17-9-3-10-18-25)26-19-11-4-12-20-26;4*1-2;/h1-20H,21-22H2;2H,1H3;;;;. The Morgan fingerprint density at radius 3 is 0.757 bits per heavy atom. The monoisotopic (exact) mass is 569 g/mol. The zero-order chi connectivity index (χ0) is 27.0. The predicted octanol–water partition coefficient (Wildman–Crippen LogP) is 4.75. The molecule has 0 heterocycles. The van der Waals surface area contributed by atoms with Crippen molar-refractivity contribution in [2.75, 3.05) is 19.4 Å². The molecule has 0 fully saturated rings. The third kappa shape index (κ3) is 13.0. The zero-order valence-corrected chi connectivity index (χ0v) is 23.4. The van der Waals surface area contributed by atoms with Gasteiger partial charge in [0.1, 0.15) is 0 Å². The first-order valence-corrected chi connectivity index (χ1v) is 13.8. The maximum Gasteiger partial charge on any atom is 0 e. The van der Waals surface area contributed by atoms with Crippen LogP contribution in [0.4, 0.5) is 0 Å². The Hall–Kier alpha value is -2.56. The van der Waals surface area contributed by atoms with Gasteiger partial charge in [-0.15, -0.1) is 0 Å². The molecule has 4 aromatic rings. The minimum Gasteiger partial charge on any atom is -0.0622 e. The molecule has 0 aromatic heterocycles. The Kier molecular flexibility index (Phi) is 24.8. The first-order valence-electron chi connectivity index (χ1n) is 10.7. The van der Waals surface area contributed by atoms with Gasteiger partial charge in [0.25, 0.3) is 0 Å². The van der Waals surface area contributed by atoms with Gasteiger partial charge in [0, 0.05) is 24.2 Å². The van der Waals surface area contributed by atoms with Crippen LogP contribution < -0.4 is 21.2 Å². The van der Waals surface area contributed by atoms with Gasteiger partial charge in [0.15, 0.2) is 0 Å². The van der Waals surface area contributed by atoms with E-state index < -0.39 is 0 Å². The van der Waals surface area contributed by atoms with E-state index in [2.05, 4.69) is 141 Å². The van der Waals surface area contributed by atoms with Crippen LogP contribution in [0, 0.1) is 20.0 Å². The summed E-state index contributed by atoms with van der Waals surface area (Å²) in [6.45, 7) is 13.5. The van der Waals surface area contributed by atoms with Crippen molar-refractivity contribution in [3.8, 4) is 0 Å². The fraction of sp³-hybridized carbons (Fsp3) is 0.100. The Balaban J connectivity index is 0. The summed E-state index contributed by atoms with van der Waals surface area (Å²) < 4.78 is 22.5. The van der Waals surface area contributed by atoms with Crippen LogP contribution >= 0.6 is 15.8 Å². The van der Waals surface area contributed by atoms with E-state index in [-0.39, 0.29) is 32.9 Å². The summed E-state index contributed by atoms with van der Waals surface area (Å²) in [5, 5.41) is 12.9. The van der Waals surface area contributed by atoms with Gasteiger partial charge in [-0.1, -0.05) is 121 Å². The van der Waals surface area contributed by atoms with E-state index in [1.54, 1.807) is 0 Å². The minimum atomic E-state index is -0.348. The maximum absolute atomic E-state index is 7.50. The van der Waals surface area contributed by atoms with Gasteiger partial charge in [0.2, 0.25) is 0 Å². The van der Waals surface area contributed by atoms with Crippen LogP contribution in [0.1, 0.15) is 0 Å². The maximum atomic E-state index is 7.50. The van der Waals surface area contributed by atoms with E-state index in [1.165, 1.54) is 33.5 Å². The molecule has 0 aliphatic heterocycles. The molecule has 0 unspecified atom stereocenters. The van der Waals surface area contributed by atoms with Gasteiger partial charge >= 0.3 is 33.9 Å². The Morgan fingerprint density at radius 2 is 0.595 bits per heavy atom. The van der Waals surface area contributed by atoms with Crippen molar-refractivity contribution in [2.45, 2.75) is 0 Å². The molecule has 1 radical (unpaired) electrons. The van der Waals surface area contributed by atoms with E-state index in [0.717, 1.165) is 7.11 Å². The summed E-state index contributed by atoms with van der Waals surface area (Å²) in [5.74, 6) is 0. The fourth-order valence-electron chi connectivity index (χ4n) is 3.45. The van der Waals surface area contributed by atoms with Gasteiger partial charge in [-0.25, -0.2) is 0 Å². The molecule has 0 saturated carbocycles. The van der Waals surface area contributed by atoms with E-state index in [0.29, 0.717) is 0 Å². The average Bonchev–Trinajstić information content (AvgIpc) is 3.01. The Morgan fingerprint density at radius 1 is 0.432 bits per heavy atom. The van der Waals surface area contributed by atoms with E-state index in [1.807, 2.05) is 0 Å². The van der Waals surface area contributed by atoms with Crippen LogP contribution in [-0.2, 0) is 31.0 Å². The third-order valence-corrected chi connectivity index (χ3v) is 10.2. The SMILES string of the molecule is CO.[C-]#[O+].[C-]#[O+].[C-]#[O+].[Mn].c1ccc(P(CCP(c2ccccc2)c2ccccc2)c2ccccc2)cc1. The van der Waals surface area contributed by atoms with Crippen LogP contribution in [0.3, 0.4) is 0 Å². The molecule has 0 spiro atoms. The number of aliphatic hydroxyl groups is 1. The van der Waals surface area contributed by atoms with Crippen molar-refractivity contribution in [1.29, 1.82) is 0 Å². The minimum absolute atomic E-state index is 0. The summed E-state index contributed by atoms with van der Waals surface area (Å²) >= 11 is 0. The normalized spacial score (nSPS) is 8.70. The summed E-state index contributed by atoms with van der Waals surface area (Å²) in [4.78, 5) is 0. The third-order valence-electron chi connectivity index (χ3n) is 4.82. The molecule has 0 bridgehead atoms. The van der Waals surface area contributed by atoms with Crippen LogP contribution in [0.2, 0.25) is 0 Å². The second kappa shape index (κ2) is 25.1. The first-order chi connectivity index (χ1) is 17.9.